The molecule has 0 unspecified atom stereocenters. The molecule has 3 aromatic carbocycles. The highest BCUT2D eigenvalue weighted by atomic mass is 35.5. The van der Waals surface area contributed by atoms with Crippen molar-refractivity contribution in [3.8, 4) is 11.1 Å². The minimum absolute atomic E-state index is 0.0731. The maximum absolute atomic E-state index is 12.4. The minimum atomic E-state index is -0.0731. The third kappa shape index (κ3) is 3.82. The van der Waals surface area contributed by atoms with E-state index in [0.717, 1.165) is 35.3 Å². The molecular weight excluding hydrogens is 376 g/mol. The summed E-state index contributed by atoms with van der Waals surface area (Å²) in [5.74, 6) is -0.0731. The standard InChI is InChI=1S/C22H19ClN2OS/c1-15-7-9-18(20(23)13-15)17-8-10-21-19(14-17)22(26)24-27-25(21)12-11-16-5-3-2-4-6-16/h2-10,13-14H,11-12H2,1H3,(H,24,26). The van der Waals surface area contributed by atoms with Crippen LogP contribution in [0.2, 0.25) is 5.02 Å². The second-order valence-corrected chi connectivity index (χ2v) is 7.81. The summed E-state index contributed by atoms with van der Waals surface area (Å²) in [5, 5.41) is 0.696. The van der Waals surface area contributed by atoms with Gasteiger partial charge in [-0.25, -0.2) is 0 Å². The van der Waals surface area contributed by atoms with Crippen LogP contribution in [0.1, 0.15) is 21.5 Å². The molecule has 0 bridgehead atoms. The molecule has 0 atom stereocenters. The van der Waals surface area contributed by atoms with Crippen molar-refractivity contribution in [2.24, 2.45) is 0 Å². The average molecular weight is 395 g/mol. The molecule has 0 saturated carbocycles. The Kier molecular flexibility index (Phi) is 5.10. The monoisotopic (exact) mass is 394 g/mol. The molecule has 27 heavy (non-hydrogen) atoms. The Labute approximate surface area is 168 Å². The lowest BCUT2D eigenvalue weighted by Crippen LogP contribution is -2.33. The largest absolute Gasteiger partial charge is 0.298 e. The number of hydrogen-bond donors (Lipinski definition) is 1. The fourth-order valence-corrected chi connectivity index (χ4v) is 4.29. The van der Waals surface area contributed by atoms with Gasteiger partial charge >= 0.3 is 0 Å². The van der Waals surface area contributed by atoms with Crippen molar-refractivity contribution in [1.29, 1.82) is 0 Å². The lowest BCUT2D eigenvalue weighted by molar-refractivity contribution is 0.0983. The quantitative estimate of drug-likeness (QED) is 0.578. The number of carbonyl (C=O) groups is 1. The summed E-state index contributed by atoms with van der Waals surface area (Å²) in [7, 11) is 0. The molecule has 0 fully saturated rings. The first kappa shape index (κ1) is 18.0. The van der Waals surface area contributed by atoms with Crippen LogP contribution >= 0.6 is 23.7 Å². The summed E-state index contributed by atoms with van der Waals surface area (Å²) in [6.07, 6.45) is 0.911. The topological polar surface area (TPSA) is 32.3 Å². The van der Waals surface area contributed by atoms with Crippen molar-refractivity contribution in [3.63, 3.8) is 0 Å². The zero-order valence-corrected chi connectivity index (χ0v) is 16.5. The second kappa shape index (κ2) is 7.67. The molecule has 0 aromatic heterocycles. The lowest BCUT2D eigenvalue weighted by Gasteiger charge is -2.29. The molecule has 3 nitrogen and oxygen atoms in total. The van der Waals surface area contributed by atoms with Gasteiger partial charge in [0.05, 0.1) is 23.4 Å². The van der Waals surface area contributed by atoms with E-state index < -0.39 is 0 Å². The molecule has 1 amide bonds. The highest BCUT2D eigenvalue weighted by Gasteiger charge is 2.24. The molecule has 3 aromatic rings. The number of halogens is 1. The number of carbonyl (C=O) groups excluding carboxylic acids is 1. The molecule has 0 saturated heterocycles. The van der Waals surface area contributed by atoms with Crippen LogP contribution in [0, 0.1) is 6.92 Å². The van der Waals surface area contributed by atoms with Gasteiger partial charge in [-0.15, -0.1) is 0 Å². The van der Waals surface area contributed by atoms with Gasteiger partial charge in [-0.1, -0.05) is 60.1 Å². The molecule has 1 aliphatic heterocycles. The van der Waals surface area contributed by atoms with Gasteiger partial charge in [0.25, 0.3) is 5.91 Å². The van der Waals surface area contributed by atoms with E-state index in [1.54, 1.807) is 0 Å². The molecular formula is C22H19ClN2OS. The predicted octanol–water partition coefficient (Wildman–Crippen LogP) is 5.67. The minimum Gasteiger partial charge on any atom is -0.298 e. The Balaban J connectivity index is 1.62. The Hall–Kier alpha value is -2.43. The third-order valence-electron chi connectivity index (χ3n) is 4.64. The average Bonchev–Trinajstić information content (AvgIpc) is 2.68. The summed E-state index contributed by atoms with van der Waals surface area (Å²) in [6, 6.07) is 22.3. The van der Waals surface area contributed by atoms with Crippen LogP contribution in [0.15, 0.2) is 66.7 Å². The van der Waals surface area contributed by atoms with Crippen molar-refractivity contribution in [1.82, 2.24) is 4.72 Å². The van der Waals surface area contributed by atoms with E-state index in [-0.39, 0.29) is 5.91 Å². The number of anilines is 1. The van der Waals surface area contributed by atoms with E-state index >= 15 is 0 Å². The van der Waals surface area contributed by atoms with E-state index in [2.05, 4.69) is 21.2 Å². The van der Waals surface area contributed by atoms with Gasteiger partial charge in [0.2, 0.25) is 0 Å². The van der Waals surface area contributed by atoms with Crippen LogP contribution in [-0.4, -0.2) is 12.5 Å². The fraction of sp³-hybridized carbons (Fsp3) is 0.136. The first-order valence-corrected chi connectivity index (χ1v) is 9.96. The van der Waals surface area contributed by atoms with Crippen LogP contribution in [0.5, 0.6) is 0 Å². The van der Waals surface area contributed by atoms with Crippen LogP contribution in [0.3, 0.4) is 0 Å². The second-order valence-electron chi connectivity index (χ2n) is 6.58. The van der Waals surface area contributed by atoms with Crippen molar-refractivity contribution in [2.75, 3.05) is 10.8 Å². The van der Waals surface area contributed by atoms with Crippen LogP contribution in [-0.2, 0) is 6.42 Å². The Bertz CT molecular complexity index is 991. The number of amides is 1. The number of hydrogen-bond acceptors (Lipinski definition) is 3. The molecule has 1 N–H and O–H groups in total. The van der Waals surface area contributed by atoms with Crippen LogP contribution < -0.4 is 9.03 Å². The zero-order chi connectivity index (χ0) is 18.8. The van der Waals surface area contributed by atoms with Gasteiger partial charge in [-0.2, -0.15) is 0 Å². The SMILES string of the molecule is Cc1ccc(-c2ccc3c(c2)C(=O)NSN3CCc2ccccc2)c(Cl)c1. The first-order valence-electron chi connectivity index (χ1n) is 8.81. The van der Waals surface area contributed by atoms with E-state index in [9.17, 15) is 4.79 Å². The summed E-state index contributed by atoms with van der Waals surface area (Å²) >= 11 is 7.76. The normalized spacial score (nSPS) is 13.3. The highest BCUT2D eigenvalue weighted by molar-refractivity contribution is 7.99. The van der Waals surface area contributed by atoms with Gasteiger partial charge in [-0.05, 0) is 48.2 Å². The van der Waals surface area contributed by atoms with E-state index in [4.69, 9.17) is 11.6 Å². The van der Waals surface area contributed by atoms with Crippen LogP contribution in [0.4, 0.5) is 5.69 Å². The Morgan fingerprint density at radius 2 is 1.81 bits per heavy atom. The number of benzene rings is 3. The maximum Gasteiger partial charge on any atom is 0.264 e. The number of rotatable bonds is 4. The maximum atomic E-state index is 12.4. The summed E-state index contributed by atoms with van der Waals surface area (Å²) in [4.78, 5) is 12.4. The number of aryl methyl sites for hydroxylation is 1. The van der Waals surface area contributed by atoms with Gasteiger partial charge in [0, 0.05) is 17.1 Å². The fourth-order valence-electron chi connectivity index (χ4n) is 3.20. The van der Waals surface area contributed by atoms with Crippen LogP contribution in [0.25, 0.3) is 11.1 Å². The highest BCUT2D eigenvalue weighted by Crippen LogP contribution is 2.36. The molecule has 136 valence electrons. The van der Waals surface area contributed by atoms with Gasteiger partial charge < -0.3 is 0 Å². The van der Waals surface area contributed by atoms with E-state index in [1.165, 1.54) is 17.7 Å². The van der Waals surface area contributed by atoms with Gasteiger partial charge in [0.15, 0.2) is 0 Å². The molecule has 5 heteroatoms. The van der Waals surface area contributed by atoms with Gasteiger partial charge in [-0.3, -0.25) is 13.8 Å². The lowest BCUT2D eigenvalue weighted by atomic mass is 10.00. The van der Waals surface area contributed by atoms with Gasteiger partial charge in [0.1, 0.15) is 0 Å². The van der Waals surface area contributed by atoms with E-state index in [0.29, 0.717) is 10.6 Å². The predicted molar refractivity (Wildman–Crippen MR) is 114 cm³/mol. The molecule has 1 heterocycles. The zero-order valence-electron chi connectivity index (χ0n) is 14.9. The third-order valence-corrected chi connectivity index (χ3v) is 5.83. The number of fused-ring (bicyclic) bond motifs is 1. The smallest absolute Gasteiger partial charge is 0.264 e. The Morgan fingerprint density at radius 1 is 1.00 bits per heavy atom. The van der Waals surface area contributed by atoms with Crippen molar-refractivity contribution >= 4 is 35.3 Å². The molecule has 0 spiro atoms. The molecule has 1 aliphatic rings. The first-order chi connectivity index (χ1) is 13.1. The Morgan fingerprint density at radius 3 is 2.59 bits per heavy atom. The summed E-state index contributed by atoms with van der Waals surface area (Å²) < 4.78 is 5.03. The molecule has 4 rings (SSSR count). The summed E-state index contributed by atoms with van der Waals surface area (Å²) in [5.41, 5.74) is 5.89. The van der Waals surface area contributed by atoms with Crippen molar-refractivity contribution in [3.05, 3.63) is 88.4 Å². The number of nitrogens with zero attached hydrogens (tertiary/aromatic N) is 1. The number of nitrogens with one attached hydrogen (secondary N) is 1. The van der Waals surface area contributed by atoms with Crippen molar-refractivity contribution < 1.29 is 4.79 Å². The van der Waals surface area contributed by atoms with Crippen molar-refractivity contribution in [2.45, 2.75) is 13.3 Å². The van der Waals surface area contributed by atoms with E-state index in [1.807, 2.05) is 61.5 Å². The molecule has 0 radical (unpaired) electrons. The summed E-state index contributed by atoms with van der Waals surface area (Å²) in [6.45, 7) is 2.82. The molecule has 0 aliphatic carbocycles.